The minimum atomic E-state index is -0.408. The van der Waals surface area contributed by atoms with Gasteiger partial charge in [0.05, 0.1) is 0 Å². The zero-order valence-corrected chi connectivity index (χ0v) is 13.8. The zero-order valence-electron chi connectivity index (χ0n) is 13.8. The summed E-state index contributed by atoms with van der Waals surface area (Å²) in [6.45, 7) is 9.06. The summed E-state index contributed by atoms with van der Waals surface area (Å²) >= 11 is 0. The number of carbonyl (C=O) groups excluding carboxylic acids is 2. The number of ether oxygens (including phenoxy) is 2. The van der Waals surface area contributed by atoms with E-state index in [1.807, 2.05) is 30.3 Å². The molecule has 4 heteroatoms. The maximum absolute atomic E-state index is 11.8. The second-order valence-corrected chi connectivity index (χ2v) is 6.73. The van der Waals surface area contributed by atoms with Crippen molar-refractivity contribution in [2.45, 2.75) is 37.4 Å². The number of carbonyl (C=O) groups is 2. The van der Waals surface area contributed by atoms with Gasteiger partial charge in [-0.2, -0.15) is 0 Å². The van der Waals surface area contributed by atoms with Crippen LogP contribution in [0.2, 0.25) is 0 Å². The number of fused-ring (bicyclic) bond motifs is 2. The molecule has 0 aromatic heterocycles. The van der Waals surface area contributed by atoms with Crippen molar-refractivity contribution in [2.24, 2.45) is 11.8 Å². The first kappa shape index (κ1) is 16.5. The van der Waals surface area contributed by atoms with Crippen molar-refractivity contribution in [3.63, 3.8) is 0 Å². The fraction of sp³-hybridized carbons (Fsp3) is 0.400. The molecule has 126 valence electrons. The Morgan fingerprint density at radius 1 is 1.08 bits per heavy atom. The lowest BCUT2D eigenvalue weighted by atomic mass is 9.67. The molecule has 1 aromatic rings. The van der Waals surface area contributed by atoms with Crippen molar-refractivity contribution >= 4 is 11.9 Å². The van der Waals surface area contributed by atoms with E-state index in [0.29, 0.717) is 6.42 Å². The van der Waals surface area contributed by atoms with E-state index in [9.17, 15) is 9.59 Å². The summed E-state index contributed by atoms with van der Waals surface area (Å²) in [4.78, 5) is 23.5. The quantitative estimate of drug-likeness (QED) is 0.616. The Morgan fingerprint density at radius 2 is 1.71 bits per heavy atom. The average molecular weight is 326 g/mol. The fourth-order valence-corrected chi connectivity index (χ4v) is 4.51. The van der Waals surface area contributed by atoms with Gasteiger partial charge in [0.25, 0.3) is 0 Å². The highest BCUT2D eigenvalue weighted by molar-refractivity contribution is 5.82. The summed E-state index contributed by atoms with van der Waals surface area (Å²) in [5.41, 5.74) is 0.702. The lowest BCUT2D eigenvalue weighted by Crippen LogP contribution is -2.50. The topological polar surface area (TPSA) is 52.6 Å². The Balaban J connectivity index is 1.95. The van der Waals surface area contributed by atoms with E-state index in [1.54, 1.807) is 0 Å². The molecule has 24 heavy (non-hydrogen) atoms. The van der Waals surface area contributed by atoms with Crippen LogP contribution < -0.4 is 0 Å². The van der Waals surface area contributed by atoms with E-state index in [-0.39, 0.29) is 24.0 Å². The molecule has 0 aliphatic heterocycles. The molecule has 0 radical (unpaired) electrons. The van der Waals surface area contributed by atoms with Crippen molar-refractivity contribution in [1.29, 1.82) is 0 Å². The molecule has 0 amide bonds. The third-order valence-electron chi connectivity index (χ3n) is 5.57. The van der Waals surface area contributed by atoms with Gasteiger partial charge in [-0.3, -0.25) is 0 Å². The Hall–Kier alpha value is -2.36. The van der Waals surface area contributed by atoms with Crippen LogP contribution in [-0.4, -0.2) is 24.1 Å². The molecule has 2 aliphatic rings. The first-order valence-electron chi connectivity index (χ1n) is 8.22. The Labute approximate surface area is 142 Å². The second-order valence-electron chi connectivity index (χ2n) is 6.73. The Kier molecular flexibility index (Phi) is 4.31. The maximum Gasteiger partial charge on any atom is 0.330 e. The minimum absolute atomic E-state index is 0.108. The van der Waals surface area contributed by atoms with E-state index in [1.165, 1.54) is 12.2 Å². The van der Waals surface area contributed by atoms with E-state index >= 15 is 0 Å². The third-order valence-corrected chi connectivity index (χ3v) is 5.57. The van der Waals surface area contributed by atoms with Crippen LogP contribution in [0.25, 0.3) is 0 Å². The first-order chi connectivity index (χ1) is 11.5. The minimum Gasteiger partial charge on any atom is -0.459 e. The predicted molar refractivity (Wildman–Crippen MR) is 90.2 cm³/mol. The zero-order chi connectivity index (χ0) is 17.3. The van der Waals surface area contributed by atoms with Crippen molar-refractivity contribution in [3.05, 3.63) is 61.2 Å². The maximum atomic E-state index is 11.8. The molecule has 5 unspecified atom stereocenters. The summed E-state index contributed by atoms with van der Waals surface area (Å²) in [6.07, 6.45) is 3.56. The standard InChI is InChI=1S/C20H22O4/c1-4-17(21)23-16-12-13-11-15(16)20(3,14-9-7-6-8-10-14)19(13)24-18(22)5-2/h4-10,13,15-16,19H,1-2,11-12H2,3H3. The number of benzene rings is 1. The van der Waals surface area contributed by atoms with Crippen LogP contribution in [0.4, 0.5) is 0 Å². The molecule has 4 nitrogen and oxygen atoms in total. The molecular formula is C20H22O4. The molecule has 2 bridgehead atoms. The molecular weight excluding hydrogens is 304 g/mol. The number of esters is 2. The van der Waals surface area contributed by atoms with Crippen molar-refractivity contribution in [3.8, 4) is 0 Å². The SMILES string of the molecule is C=CC(=O)OC1CC2CC1C(C)(c1ccccc1)C2OC(=O)C=C. The van der Waals surface area contributed by atoms with Crippen LogP contribution in [0, 0.1) is 11.8 Å². The van der Waals surface area contributed by atoms with Gasteiger partial charge in [-0.25, -0.2) is 9.59 Å². The molecule has 1 aromatic carbocycles. The third kappa shape index (κ3) is 2.56. The largest absolute Gasteiger partial charge is 0.459 e. The second kappa shape index (κ2) is 6.27. The van der Waals surface area contributed by atoms with Gasteiger partial charge < -0.3 is 9.47 Å². The smallest absolute Gasteiger partial charge is 0.330 e. The van der Waals surface area contributed by atoms with Crippen LogP contribution >= 0.6 is 0 Å². The molecule has 5 atom stereocenters. The van der Waals surface area contributed by atoms with Crippen LogP contribution in [0.1, 0.15) is 25.3 Å². The van der Waals surface area contributed by atoms with Gasteiger partial charge in [0.15, 0.2) is 0 Å². The van der Waals surface area contributed by atoms with Crippen LogP contribution in [0.3, 0.4) is 0 Å². The highest BCUT2D eigenvalue weighted by Crippen LogP contribution is 2.58. The summed E-state index contributed by atoms with van der Waals surface area (Å²) in [5.74, 6) is -0.528. The Bertz CT molecular complexity index is 665. The summed E-state index contributed by atoms with van der Waals surface area (Å²) < 4.78 is 11.3. The van der Waals surface area contributed by atoms with Crippen molar-refractivity contribution in [1.82, 2.24) is 0 Å². The van der Waals surface area contributed by atoms with Gasteiger partial charge in [0.2, 0.25) is 0 Å². The summed E-state index contributed by atoms with van der Waals surface area (Å²) in [7, 11) is 0. The van der Waals surface area contributed by atoms with Crippen molar-refractivity contribution < 1.29 is 19.1 Å². The van der Waals surface area contributed by atoms with Crippen molar-refractivity contribution in [2.75, 3.05) is 0 Å². The molecule has 2 aliphatic carbocycles. The summed E-state index contributed by atoms with van der Waals surface area (Å²) in [5, 5.41) is 0. The normalized spacial score (nSPS) is 33.7. The van der Waals surface area contributed by atoms with Gasteiger partial charge in [-0.15, -0.1) is 0 Å². The number of hydrogen-bond donors (Lipinski definition) is 0. The van der Waals surface area contributed by atoms with Gasteiger partial charge in [0, 0.05) is 29.4 Å². The van der Waals surface area contributed by atoms with Crippen LogP contribution in [0.5, 0.6) is 0 Å². The highest BCUT2D eigenvalue weighted by atomic mass is 16.6. The van der Waals surface area contributed by atoms with Crippen LogP contribution in [0.15, 0.2) is 55.6 Å². The van der Waals surface area contributed by atoms with Crippen LogP contribution in [-0.2, 0) is 24.5 Å². The van der Waals surface area contributed by atoms with Gasteiger partial charge in [-0.1, -0.05) is 50.4 Å². The molecule has 0 spiro atoms. The summed E-state index contributed by atoms with van der Waals surface area (Å²) in [6, 6.07) is 10.00. The van der Waals surface area contributed by atoms with Gasteiger partial charge in [0.1, 0.15) is 12.2 Å². The van der Waals surface area contributed by atoms with E-state index < -0.39 is 17.4 Å². The Morgan fingerprint density at radius 3 is 2.33 bits per heavy atom. The van der Waals surface area contributed by atoms with E-state index in [4.69, 9.17) is 9.47 Å². The van der Waals surface area contributed by atoms with Gasteiger partial charge >= 0.3 is 11.9 Å². The average Bonchev–Trinajstić information content (AvgIpc) is 3.13. The predicted octanol–water partition coefficient (Wildman–Crippen LogP) is 3.18. The number of hydrogen-bond acceptors (Lipinski definition) is 4. The monoisotopic (exact) mass is 326 g/mol. The van der Waals surface area contributed by atoms with E-state index in [0.717, 1.165) is 12.0 Å². The van der Waals surface area contributed by atoms with E-state index in [2.05, 4.69) is 20.1 Å². The molecule has 2 saturated carbocycles. The number of rotatable bonds is 5. The lowest BCUT2D eigenvalue weighted by molar-refractivity contribution is -0.159. The molecule has 0 heterocycles. The first-order valence-corrected chi connectivity index (χ1v) is 8.22. The molecule has 0 saturated heterocycles. The highest BCUT2D eigenvalue weighted by Gasteiger charge is 2.63. The molecule has 2 fully saturated rings. The molecule has 0 N–H and O–H groups in total. The van der Waals surface area contributed by atoms with Gasteiger partial charge in [-0.05, 0) is 18.4 Å². The molecule has 3 rings (SSSR count). The lowest BCUT2D eigenvalue weighted by Gasteiger charge is -2.43. The fourth-order valence-electron chi connectivity index (χ4n) is 4.51.